The third-order valence-corrected chi connectivity index (χ3v) is 9.36. The molecule has 5 atom stereocenters. The van der Waals surface area contributed by atoms with E-state index in [0.717, 1.165) is 23.2 Å². The predicted molar refractivity (Wildman–Crippen MR) is 132 cm³/mol. The number of halogens is 4. The van der Waals surface area contributed by atoms with Crippen LogP contribution in [0, 0.1) is 21.8 Å². The summed E-state index contributed by atoms with van der Waals surface area (Å²) in [5, 5.41) is 15.6. The first-order chi connectivity index (χ1) is 15.8. The summed E-state index contributed by atoms with van der Waals surface area (Å²) in [7, 11) is 0. The summed E-state index contributed by atoms with van der Waals surface area (Å²) >= 11 is 21.4. The maximum Gasteiger partial charge on any atom is 0.282 e. The van der Waals surface area contributed by atoms with Gasteiger partial charge in [-0.2, -0.15) is 0 Å². The highest BCUT2D eigenvalue weighted by atomic mass is 35.5. The minimum atomic E-state index is -0.368. The standard InChI is InChI=1S/C24H18Cl3FN2O2S/c25-16-10-9-14-20-15(23(29-24(14)21(16)26)12-5-7-13(28)8-6-12)11-19(22(20)27)33-18-4-2-1-3-17(18)30(31)32/h1-10,15,19-20,22-23,29H,11H2. The van der Waals surface area contributed by atoms with Crippen LogP contribution < -0.4 is 5.32 Å². The number of nitro groups is 1. The lowest BCUT2D eigenvalue weighted by Crippen LogP contribution is -2.31. The van der Waals surface area contributed by atoms with Crippen molar-refractivity contribution >= 4 is 57.9 Å². The lowest BCUT2D eigenvalue weighted by Gasteiger charge is -2.39. The summed E-state index contributed by atoms with van der Waals surface area (Å²) in [4.78, 5) is 11.7. The molecule has 9 heteroatoms. The van der Waals surface area contributed by atoms with Gasteiger partial charge in [0, 0.05) is 17.2 Å². The topological polar surface area (TPSA) is 55.2 Å². The maximum absolute atomic E-state index is 13.6. The van der Waals surface area contributed by atoms with Crippen molar-refractivity contribution < 1.29 is 9.31 Å². The average molecular weight is 524 g/mol. The second kappa shape index (κ2) is 8.99. The number of fused-ring (bicyclic) bond motifs is 3. The van der Waals surface area contributed by atoms with E-state index in [0.29, 0.717) is 14.9 Å². The van der Waals surface area contributed by atoms with Crippen molar-refractivity contribution in [3.63, 3.8) is 0 Å². The number of rotatable bonds is 4. The number of nitrogens with zero attached hydrogens (tertiary/aromatic N) is 1. The normalized spacial score (nSPS) is 25.8. The molecule has 5 rings (SSSR count). The van der Waals surface area contributed by atoms with Crippen LogP contribution in [0.3, 0.4) is 0 Å². The van der Waals surface area contributed by atoms with Gasteiger partial charge < -0.3 is 5.32 Å². The van der Waals surface area contributed by atoms with Crippen molar-refractivity contribution in [2.24, 2.45) is 5.92 Å². The number of alkyl halides is 1. The lowest BCUT2D eigenvalue weighted by molar-refractivity contribution is -0.387. The first-order valence-corrected chi connectivity index (χ1v) is 12.5. The molecule has 0 aromatic heterocycles. The van der Waals surface area contributed by atoms with Gasteiger partial charge in [-0.05, 0) is 47.7 Å². The summed E-state index contributed by atoms with van der Waals surface area (Å²) in [6, 6.07) is 16.7. The smallest absolute Gasteiger partial charge is 0.282 e. The highest BCUT2D eigenvalue weighted by Gasteiger charge is 2.50. The molecule has 1 saturated carbocycles. The van der Waals surface area contributed by atoms with Gasteiger partial charge in [0.2, 0.25) is 0 Å². The molecule has 2 aliphatic rings. The lowest BCUT2D eigenvalue weighted by atomic mass is 9.77. The van der Waals surface area contributed by atoms with E-state index in [-0.39, 0.29) is 44.9 Å². The van der Waals surface area contributed by atoms with E-state index in [9.17, 15) is 14.5 Å². The Hall–Kier alpha value is -1.99. The highest BCUT2D eigenvalue weighted by molar-refractivity contribution is 8.00. The number of nitro benzene ring substituents is 1. The van der Waals surface area contributed by atoms with Crippen LogP contribution in [0.1, 0.15) is 29.5 Å². The Balaban J connectivity index is 1.56. The van der Waals surface area contributed by atoms with Crippen molar-refractivity contribution in [3.8, 4) is 0 Å². The minimum absolute atomic E-state index is 0.0481. The molecule has 1 aliphatic heterocycles. The molecule has 0 spiro atoms. The number of thioether (sulfide) groups is 1. The Bertz CT molecular complexity index is 1230. The van der Waals surface area contributed by atoms with Crippen molar-refractivity contribution in [2.75, 3.05) is 5.32 Å². The monoisotopic (exact) mass is 522 g/mol. The maximum atomic E-state index is 13.6. The van der Waals surface area contributed by atoms with Gasteiger partial charge in [-0.1, -0.05) is 53.5 Å². The van der Waals surface area contributed by atoms with Gasteiger partial charge in [0.1, 0.15) is 5.82 Å². The van der Waals surface area contributed by atoms with Crippen LogP contribution in [0.15, 0.2) is 65.6 Å². The molecule has 3 aromatic carbocycles. The molecule has 1 heterocycles. The van der Waals surface area contributed by atoms with Crippen LogP contribution in [-0.2, 0) is 0 Å². The van der Waals surface area contributed by atoms with Crippen LogP contribution >= 0.6 is 46.6 Å². The summed E-state index contributed by atoms with van der Waals surface area (Å²) in [5.74, 6) is -0.268. The van der Waals surface area contributed by atoms with Crippen LogP contribution in [0.25, 0.3) is 0 Å². The van der Waals surface area contributed by atoms with Gasteiger partial charge in [-0.15, -0.1) is 23.4 Å². The van der Waals surface area contributed by atoms with Crippen LogP contribution in [0.5, 0.6) is 0 Å². The number of hydrogen-bond donors (Lipinski definition) is 1. The van der Waals surface area contributed by atoms with Crippen LogP contribution in [0.4, 0.5) is 15.8 Å². The van der Waals surface area contributed by atoms with Crippen LogP contribution in [0.2, 0.25) is 10.0 Å². The summed E-state index contributed by atoms with van der Waals surface area (Å²) in [6.07, 6.45) is 0.726. The van der Waals surface area contributed by atoms with Gasteiger partial charge in [-0.25, -0.2) is 4.39 Å². The fraction of sp³-hybridized carbons (Fsp3) is 0.250. The first-order valence-electron chi connectivity index (χ1n) is 10.4. The van der Waals surface area contributed by atoms with Gasteiger partial charge in [0.25, 0.3) is 5.69 Å². The molecule has 3 aromatic rings. The van der Waals surface area contributed by atoms with E-state index in [1.807, 2.05) is 6.07 Å². The molecule has 5 unspecified atom stereocenters. The highest BCUT2D eigenvalue weighted by Crippen LogP contribution is 2.59. The molecule has 1 N–H and O–H groups in total. The summed E-state index contributed by atoms with van der Waals surface area (Å²) < 4.78 is 13.6. The van der Waals surface area contributed by atoms with Gasteiger partial charge in [0.15, 0.2) is 0 Å². The molecule has 0 radical (unpaired) electrons. The second-order valence-corrected chi connectivity index (χ2v) is 10.8. The van der Waals surface area contributed by atoms with Gasteiger partial charge in [-0.3, -0.25) is 10.1 Å². The number of benzene rings is 3. The third-order valence-electron chi connectivity index (χ3n) is 6.45. The SMILES string of the molecule is O=[N+]([O-])c1ccccc1SC1CC2C(c3ccc(F)cc3)Nc3c(ccc(Cl)c3Cl)C2C1Cl. The molecule has 1 aliphatic carbocycles. The molecule has 170 valence electrons. The van der Waals surface area contributed by atoms with Crippen LogP contribution in [-0.4, -0.2) is 15.6 Å². The Morgan fingerprint density at radius 3 is 2.52 bits per heavy atom. The number of nitrogens with one attached hydrogen (secondary N) is 1. The largest absolute Gasteiger partial charge is 0.376 e. The van der Waals surface area contributed by atoms with Crippen molar-refractivity contribution in [3.05, 3.63) is 97.8 Å². The summed E-state index contributed by atoms with van der Waals surface area (Å²) in [5.41, 5.74) is 2.72. The Morgan fingerprint density at radius 2 is 1.79 bits per heavy atom. The predicted octanol–water partition coefficient (Wildman–Crippen LogP) is 8.08. The zero-order chi connectivity index (χ0) is 23.3. The fourth-order valence-electron chi connectivity index (χ4n) is 4.99. The number of anilines is 1. The van der Waals surface area contributed by atoms with E-state index >= 15 is 0 Å². The average Bonchev–Trinajstić information content (AvgIpc) is 3.13. The molecule has 33 heavy (non-hydrogen) atoms. The van der Waals surface area contributed by atoms with Crippen molar-refractivity contribution in [1.29, 1.82) is 0 Å². The third kappa shape index (κ3) is 4.08. The summed E-state index contributed by atoms with van der Waals surface area (Å²) in [6.45, 7) is 0. The Labute approximate surface area is 209 Å². The van der Waals surface area contributed by atoms with E-state index in [1.165, 1.54) is 30.0 Å². The first kappa shape index (κ1) is 22.8. The van der Waals surface area contributed by atoms with Crippen molar-refractivity contribution in [2.45, 2.75) is 33.9 Å². The fourth-order valence-corrected chi connectivity index (χ4v) is 7.32. The van der Waals surface area contributed by atoms with E-state index in [2.05, 4.69) is 5.32 Å². The molecule has 0 saturated heterocycles. The molecule has 4 nitrogen and oxygen atoms in total. The zero-order valence-corrected chi connectivity index (χ0v) is 20.1. The molecule has 0 bridgehead atoms. The number of hydrogen-bond acceptors (Lipinski definition) is 4. The Morgan fingerprint density at radius 1 is 1.06 bits per heavy atom. The minimum Gasteiger partial charge on any atom is -0.376 e. The molecule has 1 fully saturated rings. The van der Waals surface area contributed by atoms with Gasteiger partial charge in [0.05, 0.1) is 37.0 Å². The molecular formula is C24H18Cl3FN2O2S. The Kier molecular flexibility index (Phi) is 6.21. The van der Waals surface area contributed by atoms with E-state index < -0.39 is 0 Å². The zero-order valence-electron chi connectivity index (χ0n) is 17.1. The number of para-hydroxylation sites is 1. The van der Waals surface area contributed by atoms with E-state index in [1.54, 1.807) is 36.4 Å². The van der Waals surface area contributed by atoms with Gasteiger partial charge >= 0.3 is 0 Å². The van der Waals surface area contributed by atoms with E-state index in [4.69, 9.17) is 34.8 Å². The second-order valence-electron chi connectivity index (χ2n) is 8.25. The van der Waals surface area contributed by atoms with Crippen molar-refractivity contribution in [1.82, 2.24) is 0 Å². The molecule has 0 amide bonds. The molecular weight excluding hydrogens is 506 g/mol. The quantitative estimate of drug-likeness (QED) is 0.213.